The Kier molecular flexibility index (Phi) is 7.11. The zero-order valence-electron chi connectivity index (χ0n) is 10.1. The Balaban J connectivity index is 1.92. The number of hydrogen-bond donors (Lipinski definition) is 1. The molecule has 2 unspecified atom stereocenters. The van der Waals surface area contributed by atoms with Crippen molar-refractivity contribution < 1.29 is 28.8 Å². The van der Waals surface area contributed by atoms with Crippen LogP contribution >= 0.6 is 0 Å². The molecule has 0 spiro atoms. The van der Waals surface area contributed by atoms with Crippen molar-refractivity contribution in [1.82, 2.24) is 0 Å². The molecule has 17 heavy (non-hydrogen) atoms. The molecule has 0 aromatic carbocycles. The second-order valence-electron chi connectivity index (χ2n) is 3.84. The van der Waals surface area contributed by atoms with Gasteiger partial charge in [-0.15, -0.1) is 0 Å². The lowest BCUT2D eigenvalue weighted by Gasteiger charge is -2.11. The van der Waals surface area contributed by atoms with Gasteiger partial charge in [0, 0.05) is 7.11 Å². The molecule has 0 aromatic rings. The third kappa shape index (κ3) is 5.97. The first kappa shape index (κ1) is 14.4. The fourth-order valence-corrected chi connectivity index (χ4v) is 1.59. The quantitative estimate of drug-likeness (QED) is 0.591. The maximum Gasteiger partial charge on any atom is 0.332 e. The molecule has 1 aliphatic heterocycles. The number of carbonyl (C=O) groups is 1. The van der Waals surface area contributed by atoms with Crippen LogP contribution < -0.4 is 0 Å². The molecule has 0 aliphatic carbocycles. The minimum atomic E-state index is -0.893. The van der Waals surface area contributed by atoms with Gasteiger partial charge in [0.05, 0.1) is 39.1 Å². The van der Waals surface area contributed by atoms with Crippen LogP contribution in [-0.2, 0) is 23.7 Å². The Labute approximate surface area is 101 Å². The van der Waals surface area contributed by atoms with Crippen molar-refractivity contribution in [3.05, 3.63) is 0 Å². The zero-order chi connectivity index (χ0) is 12.5. The van der Waals surface area contributed by atoms with Gasteiger partial charge in [0.2, 0.25) is 0 Å². The second kappa shape index (κ2) is 8.41. The average molecular weight is 248 g/mol. The third-order valence-electron chi connectivity index (χ3n) is 2.49. The van der Waals surface area contributed by atoms with E-state index in [0.29, 0.717) is 39.5 Å². The van der Waals surface area contributed by atoms with Crippen LogP contribution in [0, 0.1) is 0 Å². The number of methoxy groups -OCH3 is 1. The van der Waals surface area contributed by atoms with Gasteiger partial charge in [-0.25, -0.2) is 4.79 Å². The Morgan fingerprint density at radius 3 is 2.59 bits per heavy atom. The number of aliphatic carboxylic acids is 1. The molecule has 1 N–H and O–H groups in total. The number of carboxylic acids is 1. The highest BCUT2D eigenvalue weighted by Gasteiger charge is 2.30. The molecule has 0 amide bonds. The molecule has 6 heteroatoms. The van der Waals surface area contributed by atoms with Crippen LogP contribution in [0.25, 0.3) is 0 Å². The highest BCUT2D eigenvalue weighted by Crippen LogP contribution is 2.19. The lowest BCUT2D eigenvalue weighted by Crippen LogP contribution is -2.23. The SMILES string of the molecule is COCCOCCOCC1CCC(C(=O)O)O1. The van der Waals surface area contributed by atoms with Crippen molar-refractivity contribution in [2.45, 2.75) is 25.0 Å². The van der Waals surface area contributed by atoms with Crippen LogP contribution in [0.5, 0.6) is 0 Å². The molecule has 0 aromatic heterocycles. The fourth-order valence-electron chi connectivity index (χ4n) is 1.59. The summed E-state index contributed by atoms with van der Waals surface area (Å²) in [5.41, 5.74) is 0. The summed E-state index contributed by atoms with van der Waals surface area (Å²) in [5, 5.41) is 8.73. The summed E-state index contributed by atoms with van der Waals surface area (Å²) in [6.07, 6.45) is 0.534. The monoisotopic (exact) mass is 248 g/mol. The summed E-state index contributed by atoms with van der Waals surface area (Å²) in [5.74, 6) is -0.893. The highest BCUT2D eigenvalue weighted by molar-refractivity contribution is 5.72. The maximum absolute atomic E-state index is 10.6. The van der Waals surface area contributed by atoms with Crippen molar-refractivity contribution in [2.24, 2.45) is 0 Å². The van der Waals surface area contributed by atoms with Gasteiger partial charge in [0.1, 0.15) is 0 Å². The molecule has 1 heterocycles. The Morgan fingerprint density at radius 2 is 1.94 bits per heavy atom. The molecule has 1 rings (SSSR count). The van der Waals surface area contributed by atoms with E-state index in [9.17, 15) is 4.79 Å². The highest BCUT2D eigenvalue weighted by atomic mass is 16.6. The van der Waals surface area contributed by atoms with E-state index in [4.69, 9.17) is 24.1 Å². The van der Waals surface area contributed by atoms with Crippen LogP contribution in [-0.4, -0.2) is 63.4 Å². The van der Waals surface area contributed by atoms with Crippen molar-refractivity contribution >= 4 is 5.97 Å². The van der Waals surface area contributed by atoms with Crippen molar-refractivity contribution in [1.29, 1.82) is 0 Å². The maximum atomic E-state index is 10.6. The van der Waals surface area contributed by atoms with Crippen LogP contribution in [0.4, 0.5) is 0 Å². The summed E-state index contributed by atoms with van der Waals surface area (Å²) in [7, 11) is 1.62. The van der Waals surface area contributed by atoms with Crippen molar-refractivity contribution in [3.8, 4) is 0 Å². The first-order valence-corrected chi connectivity index (χ1v) is 5.76. The molecular formula is C11H20O6. The van der Waals surface area contributed by atoms with E-state index < -0.39 is 12.1 Å². The topological polar surface area (TPSA) is 74.2 Å². The van der Waals surface area contributed by atoms with Crippen LogP contribution in [0.3, 0.4) is 0 Å². The predicted octanol–water partition coefficient (Wildman–Crippen LogP) is 0.298. The number of rotatable bonds is 9. The van der Waals surface area contributed by atoms with Gasteiger partial charge >= 0.3 is 5.97 Å². The number of ether oxygens (including phenoxy) is 4. The van der Waals surface area contributed by atoms with E-state index in [0.717, 1.165) is 6.42 Å². The van der Waals surface area contributed by atoms with Gasteiger partial charge in [-0.1, -0.05) is 0 Å². The van der Waals surface area contributed by atoms with Gasteiger partial charge in [-0.2, -0.15) is 0 Å². The van der Waals surface area contributed by atoms with E-state index in [1.165, 1.54) is 0 Å². The van der Waals surface area contributed by atoms with Crippen molar-refractivity contribution in [3.63, 3.8) is 0 Å². The van der Waals surface area contributed by atoms with Gasteiger partial charge < -0.3 is 24.1 Å². The first-order valence-electron chi connectivity index (χ1n) is 5.76. The molecule has 100 valence electrons. The predicted molar refractivity (Wildman–Crippen MR) is 59.0 cm³/mol. The van der Waals surface area contributed by atoms with E-state index in [-0.39, 0.29) is 6.10 Å². The van der Waals surface area contributed by atoms with E-state index >= 15 is 0 Å². The Bertz CT molecular complexity index is 220. The van der Waals surface area contributed by atoms with Crippen LogP contribution in [0.15, 0.2) is 0 Å². The summed E-state index contributed by atoms with van der Waals surface area (Å²) in [6.45, 7) is 2.56. The zero-order valence-corrected chi connectivity index (χ0v) is 10.1. The van der Waals surface area contributed by atoms with Gasteiger partial charge in [-0.3, -0.25) is 0 Å². The summed E-state index contributed by atoms with van der Waals surface area (Å²) < 4.78 is 20.7. The smallest absolute Gasteiger partial charge is 0.332 e. The van der Waals surface area contributed by atoms with Crippen LogP contribution in [0.2, 0.25) is 0 Å². The molecule has 1 saturated heterocycles. The van der Waals surface area contributed by atoms with Gasteiger partial charge in [-0.05, 0) is 12.8 Å². The second-order valence-corrected chi connectivity index (χ2v) is 3.84. The largest absolute Gasteiger partial charge is 0.479 e. The minimum Gasteiger partial charge on any atom is -0.479 e. The lowest BCUT2D eigenvalue weighted by molar-refractivity contribution is -0.150. The van der Waals surface area contributed by atoms with Gasteiger partial charge in [0.15, 0.2) is 6.10 Å². The summed E-state index contributed by atoms with van der Waals surface area (Å²) >= 11 is 0. The molecule has 6 nitrogen and oxygen atoms in total. The van der Waals surface area contributed by atoms with Crippen molar-refractivity contribution in [2.75, 3.05) is 40.1 Å². The molecule has 1 aliphatic rings. The summed E-state index contributed by atoms with van der Waals surface area (Å²) in [6, 6.07) is 0. The molecule has 1 fully saturated rings. The van der Waals surface area contributed by atoms with Crippen LogP contribution in [0.1, 0.15) is 12.8 Å². The molecular weight excluding hydrogens is 228 g/mol. The summed E-state index contributed by atoms with van der Waals surface area (Å²) in [4.78, 5) is 10.6. The number of carboxylic acid groups (broad SMARTS) is 1. The molecule has 0 radical (unpaired) electrons. The average Bonchev–Trinajstić information content (AvgIpc) is 2.77. The Morgan fingerprint density at radius 1 is 1.24 bits per heavy atom. The van der Waals surface area contributed by atoms with E-state index in [1.54, 1.807) is 7.11 Å². The van der Waals surface area contributed by atoms with Gasteiger partial charge in [0.25, 0.3) is 0 Å². The normalized spacial score (nSPS) is 24.1. The first-order chi connectivity index (χ1) is 8.24. The standard InChI is InChI=1S/C11H20O6/c1-14-4-5-15-6-7-16-8-9-2-3-10(17-9)11(12)13/h9-10H,2-8H2,1H3,(H,12,13). The van der Waals surface area contributed by atoms with E-state index in [2.05, 4.69) is 0 Å². The molecule has 0 saturated carbocycles. The minimum absolute atomic E-state index is 0.102. The fraction of sp³-hybridized carbons (Fsp3) is 0.909. The lowest BCUT2D eigenvalue weighted by atomic mass is 10.2. The number of hydrogen-bond acceptors (Lipinski definition) is 5. The molecule has 2 atom stereocenters. The third-order valence-corrected chi connectivity index (χ3v) is 2.49. The molecule has 0 bridgehead atoms. The Hall–Kier alpha value is -0.690. The van der Waals surface area contributed by atoms with E-state index in [1.807, 2.05) is 0 Å².